The van der Waals surface area contributed by atoms with Gasteiger partial charge in [-0.3, -0.25) is 4.79 Å². The molecule has 0 amide bonds. The van der Waals surface area contributed by atoms with Gasteiger partial charge >= 0.3 is 5.97 Å². The van der Waals surface area contributed by atoms with E-state index < -0.39 is 0 Å². The van der Waals surface area contributed by atoms with Gasteiger partial charge in [0.05, 0.1) is 6.61 Å². The number of aromatic nitrogens is 2. The van der Waals surface area contributed by atoms with E-state index in [0.717, 1.165) is 17.0 Å². The lowest BCUT2D eigenvalue weighted by molar-refractivity contribution is -0.140. The summed E-state index contributed by atoms with van der Waals surface area (Å²) in [7, 11) is 0. The lowest BCUT2D eigenvalue weighted by atomic mass is 9.87. The summed E-state index contributed by atoms with van der Waals surface area (Å²) >= 11 is 0. The summed E-state index contributed by atoms with van der Waals surface area (Å²) in [6.45, 7) is 10.4. The number of fused-ring (bicyclic) bond motifs is 1. The summed E-state index contributed by atoms with van der Waals surface area (Å²) < 4.78 is 7.18. The highest BCUT2D eigenvalue weighted by Gasteiger charge is 2.20. The molecule has 0 unspecified atom stereocenters. The molecule has 0 aliphatic heterocycles. The number of nitrogens with zero attached hydrogens (tertiary/aromatic N) is 2. The highest BCUT2D eigenvalue weighted by molar-refractivity contribution is 5.65. The maximum absolute atomic E-state index is 10.8. The first kappa shape index (κ1) is 14.6. The van der Waals surface area contributed by atoms with Gasteiger partial charge in [0.2, 0.25) is 0 Å². The maximum atomic E-state index is 10.8. The normalized spacial score (nSPS) is 11.8. The highest BCUT2D eigenvalue weighted by Crippen LogP contribution is 2.27. The van der Waals surface area contributed by atoms with Crippen LogP contribution in [0.3, 0.4) is 0 Å². The Morgan fingerprint density at radius 3 is 2.65 bits per heavy atom. The molecule has 4 heteroatoms. The molecule has 0 N–H and O–H groups in total. The minimum absolute atomic E-state index is 0.0491. The van der Waals surface area contributed by atoms with E-state index in [2.05, 4.69) is 49.2 Å². The first-order valence-corrected chi connectivity index (χ1v) is 6.90. The van der Waals surface area contributed by atoms with Crippen molar-refractivity contribution < 1.29 is 9.53 Å². The molecule has 0 aliphatic rings. The van der Waals surface area contributed by atoms with Crippen molar-refractivity contribution in [2.45, 2.75) is 46.5 Å². The van der Waals surface area contributed by atoms with E-state index in [1.54, 1.807) is 0 Å². The first-order chi connectivity index (χ1) is 9.30. The quantitative estimate of drug-likeness (QED) is 0.808. The van der Waals surface area contributed by atoms with Crippen molar-refractivity contribution in [1.29, 1.82) is 0 Å². The van der Waals surface area contributed by atoms with E-state index in [4.69, 9.17) is 4.74 Å². The van der Waals surface area contributed by atoms with Crippen LogP contribution >= 0.6 is 0 Å². The first-order valence-electron chi connectivity index (χ1n) is 6.90. The van der Waals surface area contributed by atoms with Crippen molar-refractivity contribution in [3.05, 3.63) is 35.3 Å². The molecule has 0 saturated heterocycles. The van der Waals surface area contributed by atoms with Gasteiger partial charge in [0.15, 0.2) is 0 Å². The predicted molar refractivity (Wildman–Crippen MR) is 79.0 cm³/mol. The van der Waals surface area contributed by atoms with Crippen molar-refractivity contribution in [3.63, 3.8) is 0 Å². The van der Waals surface area contributed by atoms with Gasteiger partial charge in [0, 0.05) is 36.5 Å². The molecule has 2 rings (SSSR count). The van der Waals surface area contributed by atoms with E-state index in [1.807, 2.05) is 6.20 Å². The van der Waals surface area contributed by atoms with Gasteiger partial charge in [-0.15, -0.1) is 0 Å². The van der Waals surface area contributed by atoms with Gasteiger partial charge in [0.25, 0.3) is 0 Å². The van der Waals surface area contributed by atoms with Crippen LogP contribution < -0.4 is 0 Å². The SMILES string of the molecule is CC(=O)OCCc1cnc2c(C(C)(C)C)ccc(C)n12. The molecule has 2 aromatic heterocycles. The monoisotopic (exact) mass is 274 g/mol. The minimum atomic E-state index is -0.245. The Morgan fingerprint density at radius 2 is 2.05 bits per heavy atom. The average Bonchev–Trinajstić information content (AvgIpc) is 2.72. The van der Waals surface area contributed by atoms with E-state index in [0.29, 0.717) is 13.0 Å². The van der Waals surface area contributed by atoms with Crippen molar-refractivity contribution in [2.24, 2.45) is 0 Å². The second kappa shape index (κ2) is 5.27. The van der Waals surface area contributed by atoms with Gasteiger partial charge in [-0.25, -0.2) is 4.98 Å². The number of esters is 1. The van der Waals surface area contributed by atoms with Gasteiger partial charge in [-0.1, -0.05) is 26.8 Å². The number of hydrogen-bond donors (Lipinski definition) is 0. The van der Waals surface area contributed by atoms with Crippen LogP contribution in [0.2, 0.25) is 0 Å². The van der Waals surface area contributed by atoms with Gasteiger partial charge in [-0.2, -0.15) is 0 Å². The average molecular weight is 274 g/mol. The molecule has 2 heterocycles. The Balaban J connectivity index is 2.41. The summed E-state index contributed by atoms with van der Waals surface area (Å²) in [5, 5.41) is 0. The number of carbonyl (C=O) groups excluding carboxylic acids is 1. The Kier molecular flexibility index (Phi) is 3.84. The third kappa shape index (κ3) is 2.84. The molecule has 108 valence electrons. The molecule has 0 bridgehead atoms. The number of aryl methyl sites for hydroxylation is 1. The molecule has 4 nitrogen and oxygen atoms in total. The van der Waals surface area contributed by atoms with E-state index in [-0.39, 0.29) is 11.4 Å². The van der Waals surface area contributed by atoms with Crippen molar-refractivity contribution in [1.82, 2.24) is 9.38 Å². The smallest absolute Gasteiger partial charge is 0.302 e. The van der Waals surface area contributed by atoms with Crippen LogP contribution in [0.4, 0.5) is 0 Å². The predicted octanol–water partition coefficient (Wildman–Crippen LogP) is 3.05. The third-order valence-corrected chi connectivity index (χ3v) is 3.39. The Labute approximate surface area is 119 Å². The number of imidazole rings is 1. The van der Waals surface area contributed by atoms with Crippen molar-refractivity contribution in [2.75, 3.05) is 6.61 Å². The molecule has 0 atom stereocenters. The zero-order valence-corrected chi connectivity index (χ0v) is 12.9. The van der Waals surface area contributed by atoms with E-state index in [1.165, 1.54) is 12.5 Å². The fraction of sp³-hybridized carbons (Fsp3) is 0.500. The molecule has 0 fully saturated rings. The fourth-order valence-corrected chi connectivity index (χ4v) is 2.38. The van der Waals surface area contributed by atoms with Crippen molar-refractivity contribution in [3.8, 4) is 0 Å². The lowest BCUT2D eigenvalue weighted by Gasteiger charge is -2.20. The van der Waals surface area contributed by atoms with Crippen LogP contribution in [-0.4, -0.2) is 22.0 Å². The highest BCUT2D eigenvalue weighted by atomic mass is 16.5. The van der Waals surface area contributed by atoms with Crippen LogP contribution in [0.25, 0.3) is 5.65 Å². The topological polar surface area (TPSA) is 43.6 Å². The Bertz CT molecular complexity index is 636. The van der Waals surface area contributed by atoms with Gasteiger partial charge in [0.1, 0.15) is 5.65 Å². The summed E-state index contributed by atoms with van der Waals surface area (Å²) in [6, 6.07) is 4.26. The second-order valence-electron chi connectivity index (χ2n) is 6.14. The number of rotatable bonds is 3. The van der Waals surface area contributed by atoms with Crippen LogP contribution in [-0.2, 0) is 21.4 Å². The number of pyridine rings is 1. The number of carbonyl (C=O) groups is 1. The second-order valence-corrected chi connectivity index (χ2v) is 6.14. The Hall–Kier alpha value is -1.84. The third-order valence-electron chi connectivity index (χ3n) is 3.39. The summed E-state index contributed by atoms with van der Waals surface area (Å²) in [6.07, 6.45) is 2.55. The van der Waals surface area contributed by atoms with Gasteiger partial charge < -0.3 is 9.14 Å². The molecular weight excluding hydrogens is 252 g/mol. The van der Waals surface area contributed by atoms with E-state index in [9.17, 15) is 4.79 Å². The molecule has 0 aromatic carbocycles. The largest absolute Gasteiger partial charge is 0.465 e. The number of hydrogen-bond acceptors (Lipinski definition) is 3. The van der Waals surface area contributed by atoms with Crippen LogP contribution in [0.15, 0.2) is 18.3 Å². The zero-order chi connectivity index (χ0) is 14.9. The van der Waals surface area contributed by atoms with Crippen LogP contribution in [0.1, 0.15) is 44.6 Å². The zero-order valence-electron chi connectivity index (χ0n) is 12.9. The summed E-state index contributed by atoms with van der Waals surface area (Å²) in [5.74, 6) is -0.245. The van der Waals surface area contributed by atoms with Crippen LogP contribution in [0.5, 0.6) is 0 Å². The molecule has 20 heavy (non-hydrogen) atoms. The lowest BCUT2D eigenvalue weighted by Crippen LogP contribution is -2.14. The summed E-state index contributed by atoms with van der Waals surface area (Å²) in [4.78, 5) is 15.4. The molecule has 0 aliphatic carbocycles. The van der Waals surface area contributed by atoms with E-state index >= 15 is 0 Å². The molecule has 2 aromatic rings. The fourth-order valence-electron chi connectivity index (χ4n) is 2.38. The molecule has 0 saturated carbocycles. The Morgan fingerprint density at radius 1 is 1.35 bits per heavy atom. The minimum Gasteiger partial charge on any atom is -0.465 e. The van der Waals surface area contributed by atoms with Crippen molar-refractivity contribution >= 4 is 11.6 Å². The molecule has 0 radical (unpaired) electrons. The molecular formula is C16H22N2O2. The van der Waals surface area contributed by atoms with Gasteiger partial charge in [-0.05, 0) is 18.4 Å². The summed E-state index contributed by atoms with van der Waals surface area (Å²) in [5.41, 5.74) is 4.48. The number of ether oxygens (including phenoxy) is 1. The van der Waals surface area contributed by atoms with Crippen LogP contribution in [0, 0.1) is 6.92 Å². The maximum Gasteiger partial charge on any atom is 0.302 e. The standard InChI is InChI=1S/C16H22N2O2/c1-11-6-7-14(16(3,4)5)15-17-10-13(18(11)15)8-9-20-12(2)19/h6-7,10H,8-9H2,1-5H3. The molecule has 0 spiro atoms.